The van der Waals surface area contributed by atoms with Gasteiger partial charge in [0.2, 0.25) is 5.91 Å². The fraction of sp³-hybridized carbons (Fsp3) is 0.333. The van der Waals surface area contributed by atoms with Gasteiger partial charge in [-0.15, -0.1) is 0 Å². The summed E-state index contributed by atoms with van der Waals surface area (Å²) in [5.41, 5.74) is 2.90. The van der Waals surface area contributed by atoms with Crippen molar-refractivity contribution in [3.8, 4) is 11.5 Å². The summed E-state index contributed by atoms with van der Waals surface area (Å²) in [7, 11) is 3.21. The predicted molar refractivity (Wildman–Crippen MR) is 101 cm³/mol. The summed E-state index contributed by atoms with van der Waals surface area (Å²) in [6.07, 6.45) is 2.24. The number of amides is 1. The summed E-state index contributed by atoms with van der Waals surface area (Å²) in [5.74, 6) is 0.346. The minimum absolute atomic E-state index is 0.267. The van der Waals surface area contributed by atoms with Crippen LogP contribution in [0.2, 0.25) is 0 Å². The van der Waals surface area contributed by atoms with Crippen molar-refractivity contribution in [1.82, 2.24) is 5.32 Å². The van der Waals surface area contributed by atoms with Crippen LogP contribution in [0.4, 0.5) is 0 Å². The molecule has 2 aromatic rings. The zero-order valence-corrected chi connectivity index (χ0v) is 15.5. The number of nitrogens with one attached hydrogen (secondary N) is 1. The molecule has 1 amide bonds. The van der Waals surface area contributed by atoms with Crippen molar-refractivity contribution in [1.29, 1.82) is 0 Å². The van der Waals surface area contributed by atoms with E-state index >= 15 is 0 Å². The molecule has 1 atom stereocenters. The number of carbonyl (C=O) groups is 2. The number of hydrogen-bond acceptors (Lipinski definition) is 4. The molecule has 0 saturated heterocycles. The maximum Gasteiger partial charge on any atom is 0.234 e. The van der Waals surface area contributed by atoms with Gasteiger partial charge in [0.15, 0.2) is 11.5 Å². The summed E-state index contributed by atoms with van der Waals surface area (Å²) in [6.45, 7) is 2.47. The molecule has 0 bridgehead atoms. The normalized spacial score (nSPS) is 11.5. The molecule has 5 heteroatoms. The van der Waals surface area contributed by atoms with Crippen LogP contribution in [-0.4, -0.2) is 33.0 Å². The van der Waals surface area contributed by atoms with Crippen molar-refractivity contribution in [2.24, 2.45) is 0 Å². The van der Waals surface area contributed by atoms with Crippen molar-refractivity contribution < 1.29 is 19.1 Å². The predicted octanol–water partition coefficient (Wildman–Crippen LogP) is 3.04. The molecule has 0 aromatic heterocycles. The Morgan fingerprint density at radius 2 is 1.77 bits per heavy atom. The van der Waals surface area contributed by atoms with E-state index in [4.69, 9.17) is 9.47 Å². The number of aldehydes is 1. The Bertz CT molecular complexity index is 740. The molecule has 0 spiro atoms. The Morgan fingerprint density at radius 1 is 1.08 bits per heavy atom. The molecule has 2 aromatic carbocycles. The van der Waals surface area contributed by atoms with Gasteiger partial charge < -0.3 is 19.6 Å². The smallest absolute Gasteiger partial charge is 0.234 e. The van der Waals surface area contributed by atoms with E-state index in [9.17, 15) is 9.59 Å². The molecule has 0 heterocycles. The molecule has 138 valence electrons. The monoisotopic (exact) mass is 355 g/mol. The van der Waals surface area contributed by atoms with E-state index in [2.05, 4.69) is 5.32 Å². The lowest BCUT2D eigenvalue weighted by atomic mass is 9.98. The molecular formula is C21H25NO4. The van der Waals surface area contributed by atoms with Crippen LogP contribution in [0.25, 0.3) is 0 Å². The first-order valence-corrected chi connectivity index (χ1v) is 8.59. The summed E-state index contributed by atoms with van der Waals surface area (Å²) >= 11 is 0. The van der Waals surface area contributed by atoms with Crippen LogP contribution >= 0.6 is 0 Å². The van der Waals surface area contributed by atoms with E-state index in [1.165, 1.54) is 0 Å². The maximum atomic E-state index is 12.3. The van der Waals surface area contributed by atoms with Gasteiger partial charge in [0.1, 0.15) is 12.2 Å². The number of methoxy groups -OCH3 is 2. The molecular weight excluding hydrogens is 330 g/mol. The van der Waals surface area contributed by atoms with Crippen LogP contribution < -0.4 is 14.8 Å². The highest BCUT2D eigenvalue weighted by Crippen LogP contribution is 2.27. The average molecular weight is 355 g/mol. The summed E-state index contributed by atoms with van der Waals surface area (Å²) in [6, 6.07) is 13.2. The second-order valence-electron chi connectivity index (χ2n) is 6.11. The van der Waals surface area contributed by atoms with E-state index in [1.54, 1.807) is 14.2 Å². The van der Waals surface area contributed by atoms with Crippen molar-refractivity contribution >= 4 is 12.2 Å². The van der Waals surface area contributed by atoms with E-state index in [1.807, 2.05) is 49.4 Å². The van der Waals surface area contributed by atoms with Gasteiger partial charge in [-0.3, -0.25) is 4.79 Å². The van der Waals surface area contributed by atoms with Gasteiger partial charge in [-0.1, -0.05) is 35.9 Å². The van der Waals surface area contributed by atoms with Crippen molar-refractivity contribution in [2.75, 3.05) is 20.8 Å². The standard InChI is InChI=1S/C21H25NO4/c1-15-6-9-17(10-7-15)18(14-23)21(24)22-12-4-5-16-8-11-19(25-2)20(13-16)26-3/h6-11,13-14,18H,4-5,12H2,1-3H3,(H,22,24). The van der Waals surface area contributed by atoms with Crippen LogP contribution in [0, 0.1) is 6.92 Å². The topological polar surface area (TPSA) is 64.6 Å². The van der Waals surface area contributed by atoms with Crippen molar-refractivity contribution in [3.05, 3.63) is 59.2 Å². The lowest BCUT2D eigenvalue weighted by Crippen LogP contribution is -2.31. The molecule has 0 saturated carbocycles. The van der Waals surface area contributed by atoms with E-state index in [-0.39, 0.29) is 5.91 Å². The van der Waals surface area contributed by atoms with Crippen molar-refractivity contribution in [3.63, 3.8) is 0 Å². The number of benzene rings is 2. The molecule has 1 N–H and O–H groups in total. The molecule has 0 fully saturated rings. The van der Waals surface area contributed by atoms with E-state index in [0.29, 0.717) is 29.9 Å². The molecule has 0 radical (unpaired) electrons. The van der Waals surface area contributed by atoms with Crippen LogP contribution in [0.5, 0.6) is 11.5 Å². The van der Waals surface area contributed by atoms with Gasteiger partial charge in [0, 0.05) is 6.54 Å². The third-order valence-electron chi connectivity index (χ3n) is 4.24. The van der Waals surface area contributed by atoms with Gasteiger partial charge in [-0.05, 0) is 43.0 Å². The quantitative estimate of drug-likeness (QED) is 0.427. The van der Waals surface area contributed by atoms with Gasteiger partial charge in [-0.25, -0.2) is 0 Å². The molecule has 0 aliphatic heterocycles. The Labute approximate surface area is 154 Å². The number of rotatable bonds is 9. The third-order valence-corrected chi connectivity index (χ3v) is 4.24. The first-order chi connectivity index (χ1) is 12.6. The van der Waals surface area contributed by atoms with Crippen LogP contribution in [-0.2, 0) is 16.0 Å². The summed E-state index contributed by atoms with van der Waals surface area (Å²) in [5, 5.41) is 2.84. The van der Waals surface area contributed by atoms with Gasteiger partial charge >= 0.3 is 0 Å². The lowest BCUT2D eigenvalue weighted by Gasteiger charge is -2.12. The van der Waals surface area contributed by atoms with Gasteiger partial charge in [0.25, 0.3) is 0 Å². The van der Waals surface area contributed by atoms with Crippen LogP contribution in [0.1, 0.15) is 29.0 Å². The number of hydrogen-bond donors (Lipinski definition) is 1. The first kappa shape index (κ1) is 19.5. The fourth-order valence-corrected chi connectivity index (χ4v) is 2.72. The number of carbonyl (C=O) groups excluding carboxylic acids is 2. The molecule has 0 aliphatic rings. The minimum Gasteiger partial charge on any atom is -0.493 e. The van der Waals surface area contributed by atoms with Crippen molar-refractivity contribution in [2.45, 2.75) is 25.7 Å². The molecule has 26 heavy (non-hydrogen) atoms. The summed E-state index contributed by atoms with van der Waals surface area (Å²) < 4.78 is 10.5. The highest BCUT2D eigenvalue weighted by atomic mass is 16.5. The molecule has 5 nitrogen and oxygen atoms in total. The molecule has 0 aliphatic carbocycles. The highest BCUT2D eigenvalue weighted by molar-refractivity contribution is 5.97. The number of aryl methyl sites for hydroxylation is 2. The first-order valence-electron chi connectivity index (χ1n) is 8.59. The van der Waals surface area contributed by atoms with Gasteiger partial charge in [0.05, 0.1) is 14.2 Å². The SMILES string of the molecule is COc1ccc(CCCNC(=O)C(C=O)c2ccc(C)cc2)cc1OC. The Balaban J connectivity index is 1.86. The summed E-state index contributed by atoms with van der Waals surface area (Å²) in [4.78, 5) is 23.6. The molecule has 1 unspecified atom stereocenters. The largest absolute Gasteiger partial charge is 0.493 e. The Kier molecular flexibility index (Phi) is 7.21. The molecule has 2 rings (SSSR count). The fourth-order valence-electron chi connectivity index (χ4n) is 2.72. The Morgan fingerprint density at radius 3 is 2.38 bits per heavy atom. The van der Waals surface area contributed by atoms with Gasteiger partial charge in [-0.2, -0.15) is 0 Å². The highest BCUT2D eigenvalue weighted by Gasteiger charge is 2.19. The second-order valence-corrected chi connectivity index (χ2v) is 6.11. The lowest BCUT2D eigenvalue weighted by molar-refractivity contribution is -0.125. The second kappa shape index (κ2) is 9.61. The zero-order chi connectivity index (χ0) is 18.9. The van der Waals surface area contributed by atoms with Crippen LogP contribution in [0.3, 0.4) is 0 Å². The van der Waals surface area contributed by atoms with Crippen LogP contribution in [0.15, 0.2) is 42.5 Å². The average Bonchev–Trinajstić information content (AvgIpc) is 2.67. The minimum atomic E-state index is -0.767. The van der Waals surface area contributed by atoms with E-state index < -0.39 is 5.92 Å². The zero-order valence-electron chi connectivity index (χ0n) is 15.5. The van der Waals surface area contributed by atoms with E-state index in [0.717, 1.165) is 24.0 Å². The maximum absolute atomic E-state index is 12.3. The Hall–Kier alpha value is -2.82. The number of ether oxygens (including phenoxy) is 2. The third kappa shape index (κ3) is 5.09.